The van der Waals surface area contributed by atoms with E-state index in [4.69, 9.17) is 27.9 Å². The molecule has 10 heteroatoms. The SMILES string of the molecule is COc1ccc(Cl)cc1NC(=O)CN(C)S(=O)(=O)c1ccc(Cl)cc1F. The molecular weight excluding hydrogens is 406 g/mol. The largest absolute Gasteiger partial charge is 0.495 e. The fourth-order valence-electron chi connectivity index (χ4n) is 2.11. The molecule has 26 heavy (non-hydrogen) atoms. The Morgan fingerprint density at radius 3 is 2.42 bits per heavy atom. The fourth-order valence-corrected chi connectivity index (χ4v) is 3.61. The third kappa shape index (κ3) is 4.64. The quantitative estimate of drug-likeness (QED) is 0.776. The smallest absolute Gasteiger partial charge is 0.246 e. The lowest BCUT2D eigenvalue weighted by atomic mass is 10.3. The first-order chi connectivity index (χ1) is 12.1. The van der Waals surface area contributed by atoms with Crippen molar-refractivity contribution in [1.29, 1.82) is 0 Å². The van der Waals surface area contributed by atoms with Gasteiger partial charge in [-0.2, -0.15) is 4.31 Å². The molecule has 1 amide bonds. The first-order valence-corrected chi connectivity index (χ1v) is 9.39. The summed E-state index contributed by atoms with van der Waals surface area (Å²) in [6, 6.07) is 7.78. The van der Waals surface area contributed by atoms with Crippen molar-refractivity contribution in [3.8, 4) is 5.75 Å². The summed E-state index contributed by atoms with van der Waals surface area (Å²) in [4.78, 5) is 11.6. The van der Waals surface area contributed by atoms with E-state index in [1.807, 2.05) is 0 Å². The maximum Gasteiger partial charge on any atom is 0.246 e. The highest BCUT2D eigenvalue weighted by Crippen LogP contribution is 2.28. The second-order valence-corrected chi connectivity index (χ2v) is 8.11. The maximum atomic E-state index is 13.9. The number of methoxy groups -OCH3 is 1. The van der Waals surface area contributed by atoms with Gasteiger partial charge in [0.05, 0.1) is 19.3 Å². The summed E-state index contributed by atoms with van der Waals surface area (Å²) >= 11 is 11.5. The first-order valence-electron chi connectivity index (χ1n) is 7.20. The average Bonchev–Trinajstić information content (AvgIpc) is 2.54. The summed E-state index contributed by atoms with van der Waals surface area (Å²) in [7, 11) is -1.64. The Kier molecular flexibility index (Phi) is 6.46. The summed E-state index contributed by atoms with van der Waals surface area (Å²) in [6.07, 6.45) is 0. The molecule has 0 aliphatic heterocycles. The van der Waals surface area contributed by atoms with Crippen molar-refractivity contribution < 1.29 is 22.3 Å². The van der Waals surface area contributed by atoms with E-state index in [-0.39, 0.29) is 10.7 Å². The molecule has 0 aliphatic rings. The van der Waals surface area contributed by atoms with Crippen molar-refractivity contribution in [2.75, 3.05) is 26.0 Å². The Morgan fingerprint density at radius 2 is 1.81 bits per heavy atom. The Balaban J connectivity index is 2.17. The van der Waals surface area contributed by atoms with E-state index in [0.29, 0.717) is 10.8 Å². The molecule has 2 rings (SSSR count). The number of nitrogens with zero attached hydrogens (tertiary/aromatic N) is 1. The van der Waals surface area contributed by atoms with Crippen LogP contribution >= 0.6 is 23.2 Å². The lowest BCUT2D eigenvalue weighted by Crippen LogP contribution is -2.35. The van der Waals surface area contributed by atoms with Crippen LogP contribution in [0.5, 0.6) is 5.75 Å². The zero-order chi connectivity index (χ0) is 19.5. The summed E-state index contributed by atoms with van der Waals surface area (Å²) in [6.45, 7) is -0.542. The number of hydrogen-bond donors (Lipinski definition) is 1. The highest BCUT2D eigenvalue weighted by molar-refractivity contribution is 7.89. The van der Waals surface area contributed by atoms with Crippen molar-refractivity contribution in [3.05, 3.63) is 52.3 Å². The second kappa shape index (κ2) is 8.22. The lowest BCUT2D eigenvalue weighted by Gasteiger charge is -2.18. The molecule has 2 aromatic rings. The minimum Gasteiger partial charge on any atom is -0.495 e. The molecule has 0 aliphatic carbocycles. The van der Waals surface area contributed by atoms with Crippen LogP contribution in [0.1, 0.15) is 0 Å². The molecule has 0 unspecified atom stereocenters. The minimum absolute atomic E-state index is 0.0647. The molecule has 1 N–H and O–H groups in total. The van der Waals surface area contributed by atoms with E-state index in [9.17, 15) is 17.6 Å². The van der Waals surface area contributed by atoms with Crippen LogP contribution in [0.2, 0.25) is 10.0 Å². The van der Waals surface area contributed by atoms with E-state index < -0.39 is 33.2 Å². The summed E-state index contributed by atoms with van der Waals surface area (Å²) < 4.78 is 44.6. The van der Waals surface area contributed by atoms with Crippen LogP contribution in [0, 0.1) is 5.82 Å². The highest BCUT2D eigenvalue weighted by Gasteiger charge is 2.26. The van der Waals surface area contributed by atoms with Crippen LogP contribution in [0.4, 0.5) is 10.1 Å². The third-order valence-corrected chi connectivity index (χ3v) is 5.69. The van der Waals surface area contributed by atoms with Crippen molar-refractivity contribution in [1.82, 2.24) is 4.31 Å². The number of carbonyl (C=O) groups excluding carboxylic acids is 1. The van der Waals surface area contributed by atoms with Gasteiger partial charge < -0.3 is 10.1 Å². The molecule has 140 valence electrons. The number of nitrogens with one attached hydrogen (secondary N) is 1. The zero-order valence-corrected chi connectivity index (χ0v) is 16.1. The van der Waals surface area contributed by atoms with Crippen LogP contribution in [0.15, 0.2) is 41.3 Å². The van der Waals surface area contributed by atoms with Crippen LogP contribution in [0.3, 0.4) is 0 Å². The third-order valence-electron chi connectivity index (χ3n) is 3.38. The van der Waals surface area contributed by atoms with Crippen LogP contribution in [-0.2, 0) is 14.8 Å². The van der Waals surface area contributed by atoms with Gasteiger partial charge in [-0.3, -0.25) is 4.79 Å². The van der Waals surface area contributed by atoms with E-state index >= 15 is 0 Å². The number of rotatable bonds is 6. The van der Waals surface area contributed by atoms with Gasteiger partial charge in [0.15, 0.2) is 0 Å². The molecular formula is C16H15Cl2FN2O4S. The number of ether oxygens (including phenoxy) is 1. The van der Waals surface area contributed by atoms with Gasteiger partial charge in [-0.15, -0.1) is 0 Å². The standard InChI is InChI=1S/C16H15Cl2FN2O4S/c1-21(26(23,24)15-6-4-10(17)7-12(15)19)9-16(22)20-13-8-11(18)3-5-14(13)25-2/h3-8H,9H2,1-2H3,(H,20,22). The van der Waals surface area contributed by atoms with Crippen molar-refractivity contribution >= 4 is 44.8 Å². The van der Waals surface area contributed by atoms with E-state index in [1.54, 1.807) is 12.1 Å². The summed E-state index contributed by atoms with van der Waals surface area (Å²) in [5, 5.41) is 2.94. The maximum absolute atomic E-state index is 13.9. The number of anilines is 1. The molecule has 0 radical (unpaired) electrons. The number of amides is 1. The number of benzene rings is 2. The molecule has 6 nitrogen and oxygen atoms in total. The minimum atomic E-state index is -4.22. The van der Waals surface area contributed by atoms with Gasteiger partial charge >= 0.3 is 0 Å². The number of hydrogen-bond acceptors (Lipinski definition) is 4. The van der Waals surface area contributed by atoms with E-state index in [2.05, 4.69) is 5.32 Å². The predicted octanol–water partition coefficient (Wildman–Crippen LogP) is 3.40. The fraction of sp³-hybridized carbons (Fsp3) is 0.188. The molecule has 0 saturated heterocycles. The highest BCUT2D eigenvalue weighted by atomic mass is 35.5. The van der Waals surface area contributed by atoms with Gasteiger partial charge in [0.25, 0.3) is 0 Å². The average molecular weight is 421 g/mol. The van der Waals surface area contributed by atoms with Gasteiger partial charge in [0, 0.05) is 17.1 Å². The van der Waals surface area contributed by atoms with Gasteiger partial charge in [-0.1, -0.05) is 23.2 Å². The molecule has 0 aromatic heterocycles. The van der Waals surface area contributed by atoms with E-state index in [0.717, 1.165) is 23.5 Å². The molecule has 0 saturated carbocycles. The number of halogens is 3. The normalized spacial score (nSPS) is 11.5. The van der Waals surface area contributed by atoms with Crippen LogP contribution < -0.4 is 10.1 Å². The zero-order valence-electron chi connectivity index (χ0n) is 13.8. The summed E-state index contributed by atoms with van der Waals surface area (Å²) in [5.41, 5.74) is 0.286. The Labute approximate surface area is 160 Å². The first kappa shape index (κ1) is 20.4. The van der Waals surface area contributed by atoms with E-state index in [1.165, 1.54) is 19.2 Å². The number of carbonyl (C=O) groups is 1. The molecule has 2 aromatic carbocycles. The Hall–Kier alpha value is -1.87. The monoisotopic (exact) mass is 420 g/mol. The molecule has 0 bridgehead atoms. The predicted molar refractivity (Wildman–Crippen MR) is 97.9 cm³/mol. The number of sulfonamides is 1. The van der Waals surface area contributed by atoms with Crippen molar-refractivity contribution in [2.45, 2.75) is 4.90 Å². The lowest BCUT2D eigenvalue weighted by molar-refractivity contribution is -0.116. The van der Waals surface area contributed by atoms with Gasteiger partial charge in [0.2, 0.25) is 15.9 Å². The van der Waals surface area contributed by atoms with Crippen LogP contribution in [0.25, 0.3) is 0 Å². The molecule has 0 fully saturated rings. The van der Waals surface area contributed by atoms with Crippen molar-refractivity contribution in [2.24, 2.45) is 0 Å². The summed E-state index contributed by atoms with van der Waals surface area (Å²) in [5.74, 6) is -1.29. The Morgan fingerprint density at radius 1 is 1.19 bits per heavy atom. The molecule has 0 spiro atoms. The topological polar surface area (TPSA) is 75.7 Å². The van der Waals surface area contributed by atoms with Crippen molar-refractivity contribution in [3.63, 3.8) is 0 Å². The molecule has 0 atom stereocenters. The second-order valence-electron chi connectivity index (χ2n) is 5.23. The van der Waals surface area contributed by atoms with Crippen LogP contribution in [-0.4, -0.2) is 39.3 Å². The molecule has 0 heterocycles. The van der Waals surface area contributed by atoms with Gasteiger partial charge in [-0.05, 0) is 36.4 Å². The Bertz CT molecular complexity index is 938. The number of likely N-dealkylation sites (N-methyl/N-ethyl adjacent to an activating group) is 1. The van der Waals surface area contributed by atoms with Gasteiger partial charge in [-0.25, -0.2) is 12.8 Å². The van der Waals surface area contributed by atoms with Gasteiger partial charge in [0.1, 0.15) is 16.5 Å².